The Bertz CT molecular complexity index is 332. The summed E-state index contributed by atoms with van der Waals surface area (Å²) in [7, 11) is 0. The zero-order valence-electron chi connectivity index (χ0n) is 10.1. The number of carbonyl (C=O) groups is 1. The minimum atomic E-state index is -0.244. The summed E-state index contributed by atoms with van der Waals surface area (Å²) in [6.07, 6.45) is 3.54. The molecule has 5 nitrogen and oxygen atoms in total. The fourth-order valence-corrected chi connectivity index (χ4v) is 1.61. The number of rotatable bonds is 6. The average molecular weight is 225 g/mol. The van der Waals surface area contributed by atoms with E-state index in [1.807, 2.05) is 6.92 Å². The molecule has 1 aromatic heterocycles. The van der Waals surface area contributed by atoms with Crippen molar-refractivity contribution in [3.63, 3.8) is 0 Å². The first-order chi connectivity index (χ1) is 7.74. The van der Waals surface area contributed by atoms with E-state index in [1.165, 1.54) is 0 Å². The SMILES string of the molecule is CCONC(=O)c1ccnn1C(CC)CC. The Kier molecular flexibility index (Phi) is 4.98. The van der Waals surface area contributed by atoms with Gasteiger partial charge in [0.2, 0.25) is 0 Å². The molecule has 90 valence electrons. The molecule has 0 radical (unpaired) electrons. The van der Waals surface area contributed by atoms with Gasteiger partial charge in [-0.1, -0.05) is 13.8 Å². The van der Waals surface area contributed by atoms with Crippen molar-refractivity contribution in [2.45, 2.75) is 39.7 Å². The van der Waals surface area contributed by atoms with Crippen LogP contribution in [0.25, 0.3) is 0 Å². The fraction of sp³-hybridized carbons (Fsp3) is 0.636. The fourth-order valence-electron chi connectivity index (χ4n) is 1.61. The predicted molar refractivity (Wildman–Crippen MR) is 60.9 cm³/mol. The standard InChI is InChI=1S/C11H19N3O2/c1-4-9(5-2)14-10(7-8-12-14)11(15)13-16-6-3/h7-9H,4-6H2,1-3H3,(H,13,15). The van der Waals surface area contributed by atoms with Gasteiger partial charge in [0.05, 0.1) is 12.6 Å². The largest absolute Gasteiger partial charge is 0.293 e. The quantitative estimate of drug-likeness (QED) is 0.752. The minimum Gasteiger partial charge on any atom is -0.274 e. The summed E-state index contributed by atoms with van der Waals surface area (Å²) in [5.41, 5.74) is 2.92. The maximum absolute atomic E-state index is 11.7. The molecule has 0 aliphatic heterocycles. The normalized spacial score (nSPS) is 10.8. The summed E-state index contributed by atoms with van der Waals surface area (Å²) < 4.78 is 1.76. The highest BCUT2D eigenvalue weighted by atomic mass is 16.6. The topological polar surface area (TPSA) is 56.1 Å². The lowest BCUT2D eigenvalue weighted by Crippen LogP contribution is -2.27. The summed E-state index contributed by atoms with van der Waals surface area (Å²) in [4.78, 5) is 16.6. The van der Waals surface area contributed by atoms with E-state index in [0.29, 0.717) is 12.3 Å². The summed E-state index contributed by atoms with van der Waals surface area (Å²) in [6.45, 7) is 6.43. The summed E-state index contributed by atoms with van der Waals surface area (Å²) in [5.74, 6) is -0.244. The molecule has 1 aromatic rings. The van der Waals surface area contributed by atoms with Crippen molar-refractivity contribution in [2.24, 2.45) is 0 Å². The molecule has 0 saturated carbocycles. The van der Waals surface area contributed by atoms with Gasteiger partial charge < -0.3 is 0 Å². The Morgan fingerprint density at radius 2 is 2.19 bits per heavy atom. The Morgan fingerprint density at radius 1 is 1.50 bits per heavy atom. The van der Waals surface area contributed by atoms with Crippen LogP contribution in [0.4, 0.5) is 0 Å². The van der Waals surface area contributed by atoms with Crippen LogP contribution in [0.1, 0.15) is 50.1 Å². The van der Waals surface area contributed by atoms with E-state index in [2.05, 4.69) is 24.4 Å². The van der Waals surface area contributed by atoms with Crippen LogP contribution in [-0.2, 0) is 4.84 Å². The molecular weight excluding hydrogens is 206 g/mol. The van der Waals surface area contributed by atoms with E-state index >= 15 is 0 Å². The molecule has 1 N–H and O–H groups in total. The zero-order chi connectivity index (χ0) is 12.0. The van der Waals surface area contributed by atoms with Crippen LogP contribution in [0.5, 0.6) is 0 Å². The number of nitrogens with one attached hydrogen (secondary N) is 1. The molecule has 0 aromatic carbocycles. The highest BCUT2D eigenvalue weighted by molar-refractivity contribution is 5.91. The molecule has 1 rings (SSSR count). The summed E-state index contributed by atoms with van der Waals surface area (Å²) in [6, 6.07) is 1.96. The molecule has 0 saturated heterocycles. The Labute approximate surface area is 95.7 Å². The smallest absolute Gasteiger partial charge is 0.274 e. The molecule has 5 heteroatoms. The molecule has 0 aliphatic rings. The lowest BCUT2D eigenvalue weighted by atomic mass is 10.2. The number of hydrogen-bond donors (Lipinski definition) is 1. The second-order valence-electron chi connectivity index (χ2n) is 3.50. The first-order valence-electron chi connectivity index (χ1n) is 5.70. The van der Waals surface area contributed by atoms with Crippen LogP contribution < -0.4 is 5.48 Å². The van der Waals surface area contributed by atoms with Gasteiger partial charge in [-0.05, 0) is 25.8 Å². The molecule has 0 bridgehead atoms. The highest BCUT2D eigenvalue weighted by Gasteiger charge is 2.16. The van der Waals surface area contributed by atoms with Crippen LogP contribution in [0.3, 0.4) is 0 Å². The van der Waals surface area contributed by atoms with Gasteiger partial charge in [-0.25, -0.2) is 5.48 Å². The lowest BCUT2D eigenvalue weighted by molar-refractivity contribution is 0.0352. The van der Waals surface area contributed by atoms with Crippen molar-refractivity contribution < 1.29 is 9.63 Å². The van der Waals surface area contributed by atoms with Crippen LogP contribution in [-0.4, -0.2) is 22.3 Å². The Morgan fingerprint density at radius 3 is 2.75 bits per heavy atom. The Hall–Kier alpha value is -1.36. The van der Waals surface area contributed by atoms with Gasteiger partial charge in [-0.2, -0.15) is 5.10 Å². The molecule has 16 heavy (non-hydrogen) atoms. The van der Waals surface area contributed by atoms with Crippen LogP contribution >= 0.6 is 0 Å². The van der Waals surface area contributed by atoms with Crippen LogP contribution in [0.15, 0.2) is 12.3 Å². The molecule has 0 aliphatic carbocycles. The third-order valence-corrected chi connectivity index (χ3v) is 2.50. The van der Waals surface area contributed by atoms with Crippen molar-refractivity contribution in [1.29, 1.82) is 0 Å². The first kappa shape index (κ1) is 12.7. The molecule has 1 amide bonds. The van der Waals surface area contributed by atoms with Crippen molar-refractivity contribution in [1.82, 2.24) is 15.3 Å². The lowest BCUT2D eigenvalue weighted by Gasteiger charge is -2.16. The predicted octanol–water partition coefficient (Wildman–Crippen LogP) is 1.93. The molecule has 0 atom stereocenters. The van der Waals surface area contributed by atoms with Crippen LogP contribution in [0.2, 0.25) is 0 Å². The van der Waals surface area contributed by atoms with E-state index < -0.39 is 0 Å². The molecule has 0 spiro atoms. The van der Waals surface area contributed by atoms with Gasteiger partial charge in [-0.3, -0.25) is 14.3 Å². The zero-order valence-corrected chi connectivity index (χ0v) is 10.1. The van der Waals surface area contributed by atoms with E-state index in [-0.39, 0.29) is 11.9 Å². The molecule has 1 heterocycles. The Balaban J connectivity index is 2.80. The van der Waals surface area contributed by atoms with E-state index in [9.17, 15) is 4.79 Å². The van der Waals surface area contributed by atoms with Crippen molar-refractivity contribution in [3.05, 3.63) is 18.0 Å². The van der Waals surface area contributed by atoms with E-state index in [0.717, 1.165) is 12.8 Å². The van der Waals surface area contributed by atoms with Gasteiger partial charge in [0.15, 0.2) is 0 Å². The molecule has 0 fully saturated rings. The number of aromatic nitrogens is 2. The number of nitrogens with zero attached hydrogens (tertiary/aromatic N) is 2. The van der Waals surface area contributed by atoms with Crippen molar-refractivity contribution >= 4 is 5.91 Å². The first-order valence-corrected chi connectivity index (χ1v) is 5.70. The number of amides is 1. The summed E-state index contributed by atoms with van der Waals surface area (Å²) in [5, 5.41) is 4.19. The van der Waals surface area contributed by atoms with E-state index in [1.54, 1.807) is 16.9 Å². The van der Waals surface area contributed by atoms with E-state index in [4.69, 9.17) is 4.84 Å². The third kappa shape index (κ3) is 2.82. The van der Waals surface area contributed by atoms with Gasteiger partial charge in [-0.15, -0.1) is 0 Å². The molecular formula is C11H19N3O2. The van der Waals surface area contributed by atoms with Crippen LogP contribution in [0, 0.1) is 0 Å². The number of hydroxylamine groups is 1. The van der Waals surface area contributed by atoms with Gasteiger partial charge in [0, 0.05) is 6.20 Å². The highest BCUT2D eigenvalue weighted by Crippen LogP contribution is 2.16. The van der Waals surface area contributed by atoms with Gasteiger partial charge >= 0.3 is 0 Å². The molecule has 0 unspecified atom stereocenters. The maximum atomic E-state index is 11.7. The second kappa shape index (κ2) is 6.27. The van der Waals surface area contributed by atoms with Crippen molar-refractivity contribution in [2.75, 3.05) is 6.61 Å². The third-order valence-electron chi connectivity index (χ3n) is 2.50. The monoisotopic (exact) mass is 225 g/mol. The number of hydrogen-bond acceptors (Lipinski definition) is 3. The maximum Gasteiger partial charge on any atom is 0.293 e. The van der Waals surface area contributed by atoms with Crippen molar-refractivity contribution in [3.8, 4) is 0 Å². The number of carbonyl (C=O) groups excluding carboxylic acids is 1. The van der Waals surface area contributed by atoms with Gasteiger partial charge in [0.25, 0.3) is 5.91 Å². The minimum absolute atomic E-state index is 0.244. The van der Waals surface area contributed by atoms with Gasteiger partial charge in [0.1, 0.15) is 5.69 Å². The second-order valence-corrected chi connectivity index (χ2v) is 3.50. The summed E-state index contributed by atoms with van der Waals surface area (Å²) >= 11 is 0. The average Bonchev–Trinajstić information content (AvgIpc) is 2.77.